The van der Waals surface area contributed by atoms with Crippen molar-refractivity contribution in [3.8, 4) is 0 Å². The summed E-state index contributed by atoms with van der Waals surface area (Å²) >= 11 is 0. The van der Waals surface area contributed by atoms with Crippen molar-refractivity contribution in [2.75, 3.05) is 44.7 Å². The second-order valence-electron chi connectivity index (χ2n) is 9.56. The lowest BCUT2D eigenvalue weighted by Crippen LogP contribution is -2.47. The third-order valence-corrected chi connectivity index (χ3v) is 7.50. The molecular weight excluding hydrogens is 456 g/mol. The molecule has 1 saturated heterocycles. The van der Waals surface area contributed by atoms with Gasteiger partial charge >= 0.3 is 5.97 Å². The molecule has 1 aliphatic rings. The number of aryl methyl sites for hydroxylation is 1. The Morgan fingerprint density at radius 3 is 2.56 bits per heavy atom. The van der Waals surface area contributed by atoms with Crippen LogP contribution in [0.3, 0.4) is 0 Å². The molecule has 36 heavy (non-hydrogen) atoms. The van der Waals surface area contributed by atoms with Crippen molar-refractivity contribution in [2.24, 2.45) is 0 Å². The molecular formula is C28H32N4O4. The molecule has 0 bridgehead atoms. The Kier molecular flexibility index (Phi) is 6.53. The highest BCUT2D eigenvalue weighted by Crippen LogP contribution is 2.27. The number of fused-ring (bicyclic) bond motifs is 2. The number of hydrogen-bond donors (Lipinski definition) is 0. The van der Waals surface area contributed by atoms with Crippen LogP contribution in [0.5, 0.6) is 0 Å². The summed E-state index contributed by atoms with van der Waals surface area (Å²) in [5.74, 6) is 0.501. The summed E-state index contributed by atoms with van der Waals surface area (Å²) in [6, 6.07) is 13.5. The second kappa shape index (κ2) is 9.78. The average Bonchev–Trinajstić information content (AvgIpc) is 3.35. The molecule has 8 heteroatoms. The van der Waals surface area contributed by atoms with Crippen molar-refractivity contribution >= 4 is 33.7 Å². The monoisotopic (exact) mass is 488 g/mol. The molecule has 0 amide bonds. The average molecular weight is 489 g/mol. The Hall–Kier alpha value is -3.65. The van der Waals surface area contributed by atoms with E-state index >= 15 is 0 Å². The van der Waals surface area contributed by atoms with Crippen LogP contribution in [0.2, 0.25) is 0 Å². The van der Waals surface area contributed by atoms with Crippen molar-refractivity contribution in [2.45, 2.75) is 33.2 Å². The van der Waals surface area contributed by atoms with E-state index in [0.717, 1.165) is 72.4 Å². The molecule has 1 aliphatic heterocycles. The molecule has 8 nitrogen and oxygen atoms in total. The largest absolute Gasteiger partial charge is 0.467 e. The van der Waals surface area contributed by atoms with Crippen LogP contribution < -0.4 is 10.5 Å². The van der Waals surface area contributed by atoms with Gasteiger partial charge in [0.25, 0.3) is 5.56 Å². The highest BCUT2D eigenvalue weighted by molar-refractivity contribution is 5.88. The molecule has 4 aromatic rings. The quantitative estimate of drug-likeness (QED) is 0.381. The Bertz CT molecular complexity index is 1480. The molecule has 1 unspecified atom stereocenters. The minimum Gasteiger partial charge on any atom is -0.467 e. The third-order valence-electron chi connectivity index (χ3n) is 7.50. The summed E-state index contributed by atoms with van der Waals surface area (Å²) in [6.45, 7) is 10.2. The van der Waals surface area contributed by atoms with Crippen LogP contribution in [-0.4, -0.2) is 60.4 Å². The van der Waals surface area contributed by atoms with Gasteiger partial charge in [0.2, 0.25) is 0 Å². The lowest BCUT2D eigenvalue weighted by atomic mass is 10.0. The summed E-state index contributed by atoms with van der Waals surface area (Å²) < 4.78 is 11.9. The molecule has 0 radical (unpaired) electrons. The first-order valence-electron chi connectivity index (χ1n) is 12.4. The molecule has 0 N–H and O–H groups in total. The summed E-state index contributed by atoms with van der Waals surface area (Å²) in [5.41, 5.74) is 4.26. The Morgan fingerprint density at radius 2 is 1.81 bits per heavy atom. The summed E-state index contributed by atoms with van der Waals surface area (Å²) in [7, 11) is 1.35. The molecule has 0 spiro atoms. The summed E-state index contributed by atoms with van der Waals surface area (Å²) in [4.78, 5) is 30.0. The van der Waals surface area contributed by atoms with Gasteiger partial charge in [-0.1, -0.05) is 23.4 Å². The zero-order valence-corrected chi connectivity index (χ0v) is 21.3. The topological polar surface area (TPSA) is 80.8 Å². The van der Waals surface area contributed by atoms with Gasteiger partial charge in [-0.25, -0.2) is 4.79 Å². The van der Waals surface area contributed by atoms with Gasteiger partial charge in [-0.15, -0.1) is 0 Å². The first-order valence-corrected chi connectivity index (χ1v) is 12.4. The third kappa shape index (κ3) is 4.26. The molecule has 3 heterocycles. The fourth-order valence-electron chi connectivity index (χ4n) is 5.13. The fraction of sp³-hybridized carbons (Fsp3) is 0.393. The first kappa shape index (κ1) is 24.1. The highest BCUT2D eigenvalue weighted by Gasteiger charge is 2.23. The van der Waals surface area contributed by atoms with Gasteiger partial charge in [0.05, 0.1) is 18.0 Å². The molecule has 0 saturated carbocycles. The number of hydrogen-bond acceptors (Lipinski definition) is 7. The number of anilines is 1. The number of ether oxygens (including phenoxy) is 1. The molecule has 5 rings (SSSR count). The maximum Gasteiger partial charge on any atom is 0.328 e. The van der Waals surface area contributed by atoms with Crippen molar-refractivity contribution in [1.29, 1.82) is 0 Å². The van der Waals surface area contributed by atoms with E-state index in [2.05, 4.69) is 33.2 Å². The molecule has 1 fully saturated rings. The number of carbonyl (C=O) groups excluding carboxylic acids is 1. The van der Waals surface area contributed by atoms with Crippen molar-refractivity contribution in [1.82, 2.24) is 14.6 Å². The van der Waals surface area contributed by atoms with Gasteiger partial charge in [0.15, 0.2) is 11.4 Å². The number of para-hydroxylation sites is 1. The minimum absolute atomic E-state index is 0.150. The number of rotatable bonds is 6. The number of esters is 1. The predicted molar refractivity (Wildman–Crippen MR) is 141 cm³/mol. The van der Waals surface area contributed by atoms with E-state index in [1.807, 2.05) is 38.1 Å². The van der Waals surface area contributed by atoms with E-state index in [4.69, 9.17) is 9.26 Å². The summed E-state index contributed by atoms with van der Waals surface area (Å²) in [6.07, 6.45) is 0.910. The van der Waals surface area contributed by atoms with Crippen LogP contribution in [0.15, 0.2) is 51.8 Å². The van der Waals surface area contributed by atoms with Crippen molar-refractivity contribution < 1.29 is 14.1 Å². The van der Waals surface area contributed by atoms with Gasteiger partial charge in [0, 0.05) is 43.7 Å². The van der Waals surface area contributed by atoms with Crippen LogP contribution in [-0.2, 0) is 16.0 Å². The highest BCUT2D eigenvalue weighted by atomic mass is 16.5. The standard InChI is InChI=1S/C28H32N4O4/c1-18-19(2)27(33)32(20(3)28(34)35-4)24-10-9-21(17-23(18)24)11-12-30-13-15-31(16-14-30)26-22-7-5-6-8-25(22)36-29-26/h5-10,17,20H,11-16H2,1-4H3. The van der Waals surface area contributed by atoms with E-state index in [1.54, 1.807) is 11.5 Å². The molecule has 2 aromatic heterocycles. The number of carbonyl (C=O) groups is 1. The first-order chi connectivity index (χ1) is 17.4. The van der Waals surface area contributed by atoms with Crippen LogP contribution >= 0.6 is 0 Å². The normalized spacial score (nSPS) is 15.5. The van der Waals surface area contributed by atoms with E-state index in [9.17, 15) is 9.59 Å². The maximum atomic E-state index is 13.0. The lowest BCUT2D eigenvalue weighted by Gasteiger charge is -2.34. The van der Waals surface area contributed by atoms with E-state index in [1.165, 1.54) is 12.7 Å². The minimum atomic E-state index is -0.687. The molecule has 188 valence electrons. The molecule has 1 atom stereocenters. The second-order valence-corrected chi connectivity index (χ2v) is 9.56. The van der Waals surface area contributed by atoms with Crippen molar-refractivity contribution in [3.05, 3.63) is 69.5 Å². The predicted octanol–water partition coefficient (Wildman–Crippen LogP) is 3.86. The zero-order chi connectivity index (χ0) is 25.4. The van der Waals surface area contributed by atoms with Crippen LogP contribution in [0.25, 0.3) is 21.9 Å². The number of pyridine rings is 1. The number of piperazine rings is 1. The van der Waals surface area contributed by atoms with Gasteiger partial charge < -0.3 is 14.2 Å². The number of nitrogens with zero attached hydrogens (tertiary/aromatic N) is 4. The molecule has 2 aromatic carbocycles. The zero-order valence-electron chi connectivity index (χ0n) is 21.3. The molecule has 0 aliphatic carbocycles. The van der Waals surface area contributed by atoms with Crippen molar-refractivity contribution in [3.63, 3.8) is 0 Å². The van der Waals surface area contributed by atoms with Gasteiger partial charge in [-0.05, 0) is 62.6 Å². The number of aromatic nitrogens is 2. The smallest absolute Gasteiger partial charge is 0.328 e. The van der Waals surface area contributed by atoms with Crippen LogP contribution in [0, 0.1) is 13.8 Å². The van der Waals surface area contributed by atoms with Crippen LogP contribution in [0.4, 0.5) is 5.82 Å². The number of benzene rings is 2. The lowest BCUT2D eigenvalue weighted by molar-refractivity contribution is -0.144. The number of methoxy groups -OCH3 is 1. The maximum absolute atomic E-state index is 13.0. The van der Waals surface area contributed by atoms with E-state index in [0.29, 0.717) is 5.56 Å². The summed E-state index contributed by atoms with van der Waals surface area (Å²) in [5, 5.41) is 6.37. The Labute approximate surface area is 210 Å². The van der Waals surface area contributed by atoms with E-state index < -0.39 is 12.0 Å². The van der Waals surface area contributed by atoms with Gasteiger partial charge in [-0.3, -0.25) is 14.3 Å². The Balaban J connectivity index is 1.29. The fourth-order valence-corrected chi connectivity index (χ4v) is 5.13. The SMILES string of the molecule is COC(=O)C(C)n1c(=O)c(C)c(C)c2cc(CCN3CCN(c4noc5ccccc45)CC3)ccc21. The van der Waals surface area contributed by atoms with Gasteiger partial charge in [-0.2, -0.15) is 0 Å². The Morgan fingerprint density at radius 1 is 1.06 bits per heavy atom. The van der Waals surface area contributed by atoms with Gasteiger partial charge in [0.1, 0.15) is 6.04 Å². The van der Waals surface area contributed by atoms with Crippen LogP contribution in [0.1, 0.15) is 29.7 Å². The van der Waals surface area contributed by atoms with E-state index in [-0.39, 0.29) is 5.56 Å².